The van der Waals surface area contributed by atoms with Crippen molar-refractivity contribution in [1.82, 2.24) is 14.9 Å². The average molecular weight is 627 g/mol. The molecule has 12 heteroatoms. The van der Waals surface area contributed by atoms with Crippen molar-refractivity contribution >= 4 is 40.4 Å². The number of amidine groups is 1. The lowest BCUT2D eigenvalue weighted by atomic mass is 9.92. The van der Waals surface area contributed by atoms with Gasteiger partial charge >= 0.3 is 0 Å². The molecule has 0 unspecified atom stereocenters. The summed E-state index contributed by atoms with van der Waals surface area (Å²) in [5.74, 6) is 0.534. The molecule has 46 heavy (non-hydrogen) atoms. The summed E-state index contributed by atoms with van der Waals surface area (Å²) in [5, 5.41) is 6.12. The Kier molecular flexibility index (Phi) is 10.2. The van der Waals surface area contributed by atoms with E-state index in [4.69, 9.17) is 26.2 Å². The topological polar surface area (TPSA) is 150 Å². The van der Waals surface area contributed by atoms with Crippen LogP contribution in [0.25, 0.3) is 0 Å². The van der Waals surface area contributed by atoms with Crippen molar-refractivity contribution in [3.8, 4) is 0 Å². The van der Waals surface area contributed by atoms with Crippen LogP contribution in [0.5, 0.6) is 0 Å². The first kappa shape index (κ1) is 32.9. The zero-order valence-electron chi connectivity index (χ0n) is 27.3. The smallest absolute Gasteiger partial charge is 0.255 e. The molecule has 12 nitrogen and oxygen atoms in total. The molecule has 1 amide bonds. The van der Waals surface area contributed by atoms with E-state index in [1.54, 1.807) is 12.4 Å². The lowest BCUT2D eigenvalue weighted by molar-refractivity contribution is 0.102. The average Bonchev–Trinajstić information content (AvgIpc) is 3.06. The van der Waals surface area contributed by atoms with E-state index in [9.17, 15) is 4.79 Å². The Morgan fingerprint density at radius 3 is 2.50 bits per heavy atom. The maximum absolute atomic E-state index is 13.7. The van der Waals surface area contributed by atoms with Crippen molar-refractivity contribution in [1.29, 1.82) is 0 Å². The summed E-state index contributed by atoms with van der Waals surface area (Å²) in [5.41, 5.74) is 18.1. The van der Waals surface area contributed by atoms with Crippen molar-refractivity contribution in [3.05, 3.63) is 77.8 Å². The molecule has 2 saturated heterocycles. The van der Waals surface area contributed by atoms with Crippen LogP contribution >= 0.6 is 0 Å². The third-order valence-electron chi connectivity index (χ3n) is 8.39. The number of nitrogens with zero attached hydrogens (tertiary/aromatic N) is 6. The van der Waals surface area contributed by atoms with Crippen molar-refractivity contribution in [2.24, 2.45) is 16.5 Å². The highest BCUT2D eigenvalue weighted by atomic mass is 16.5. The second-order valence-electron chi connectivity index (χ2n) is 12.2. The molecule has 0 radical (unpaired) electrons. The van der Waals surface area contributed by atoms with Crippen LogP contribution in [0, 0.1) is 6.92 Å². The molecular weight excluding hydrogens is 580 g/mol. The number of hydrogen-bond donors (Lipinski definition) is 4. The van der Waals surface area contributed by atoms with E-state index in [0.29, 0.717) is 60.6 Å². The minimum absolute atomic E-state index is 0.207. The van der Waals surface area contributed by atoms with Crippen molar-refractivity contribution in [3.63, 3.8) is 0 Å². The van der Waals surface area contributed by atoms with E-state index < -0.39 is 5.54 Å². The lowest BCUT2D eigenvalue weighted by Gasteiger charge is -2.36. The van der Waals surface area contributed by atoms with Gasteiger partial charge in [0.15, 0.2) is 5.84 Å². The van der Waals surface area contributed by atoms with Gasteiger partial charge in [-0.2, -0.15) is 0 Å². The van der Waals surface area contributed by atoms with Gasteiger partial charge < -0.3 is 41.5 Å². The van der Waals surface area contributed by atoms with Gasteiger partial charge in [0.05, 0.1) is 30.8 Å². The number of aliphatic imine (C=N–C) groups is 1. The highest BCUT2D eigenvalue weighted by molar-refractivity contribution is 6.06. The molecule has 3 heterocycles. The monoisotopic (exact) mass is 626 g/mol. The van der Waals surface area contributed by atoms with Gasteiger partial charge in [0, 0.05) is 61.7 Å². The third kappa shape index (κ3) is 7.82. The molecule has 0 aliphatic carbocycles. The Morgan fingerprint density at radius 2 is 1.83 bits per heavy atom. The predicted molar refractivity (Wildman–Crippen MR) is 186 cm³/mol. The molecule has 2 aromatic carbocycles. The van der Waals surface area contributed by atoms with Crippen molar-refractivity contribution in [2.75, 3.05) is 79.5 Å². The molecule has 1 aromatic heterocycles. The summed E-state index contributed by atoms with van der Waals surface area (Å²) in [6, 6.07) is 11.5. The normalized spacial score (nSPS) is 16.3. The van der Waals surface area contributed by atoms with Crippen LogP contribution in [-0.2, 0) is 10.3 Å². The van der Waals surface area contributed by atoms with Gasteiger partial charge in [-0.25, -0.2) is 15.0 Å². The zero-order chi connectivity index (χ0) is 32.8. The molecular formula is C34H46N10O2. The number of hydrogen-bond acceptors (Lipinski definition) is 10. The lowest BCUT2D eigenvalue weighted by Crippen LogP contribution is -2.46. The number of morpholine rings is 1. The van der Waals surface area contributed by atoms with Crippen LogP contribution in [0.2, 0.25) is 0 Å². The first-order valence-electron chi connectivity index (χ1n) is 15.8. The van der Waals surface area contributed by atoms with Crippen LogP contribution in [0.15, 0.2) is 60.4 Å². The van der Waals surface area contributed by atoms with Gasteiger partial charge in [-0.15, -0.1) is 0 Å². The van der Waals surface area contributed by atoms with Crippen LogP contribution in [0.4, 0.5) is 28.7 Å². The maximum Gasteiger partial charge on any atom is 0.255 e. The summed E-state index contributed by atoms with van der Waals surface area (Å²) in [7, 11) is 0. The number of rotatable bonds is 10. The van der Waals surface area contributed by atoms with Crippen LogP contribution in [0.1, 0.15) is 48.0 Å². The molecule has 0 saturated carbocycles. The second-order valence-corrected chi connectivity index (χ2v) is 12.2. The zero-order valence-corrected chi connectivity index (χ0v) is 27.3. The summed E-state index contributed by atoms with van der Waals surface area (Å²) in [6.45, 7) is 19.2. The van der Waals surface area contributed by atoms with E-state index in [1.165, 1.54) is 0 Å². The maximum atomic E-state index is 13.7. The minimum Gasteiger partial charge on any atom is -0.382 e. The number of carbonyl (C=O) groups is 1. The van der Waals surface area contributed by atoms with Gasteiger partial charge in [0.2, 0.25) is 5.95 Å². The number of benzene rings is 2. The van der Waals surface area contributed by atoms with E-state index in [0.717, 1.165) is 49.5 Å². The molecule has 2 aliphatic heterocycles. The Hall–Kier alpha value is -4.52. The van der Waals surface area contributed by atoms with Gasteiger partial charge in [-0.1, -0.05) is 19.6 Å². The van der Waals surface area contributed by atoms with Crippen LogP contribution in [-0.4, -0.2) is 85.6 Å². The third-order valence-corrected chi connectivity index (χ3v) is 8.39. The molecule has 0 bridgehead atoms. The fourth-order valence-corrected chi connectivity index (χ4v) is 5.51. The molecule has 0 spiro atoms. The molecule has 2 fully saturated rings. The van der Waals surface area contributed by atoms with Gasteiger partial charge in [0.1, 0.15) is 5.69 Å². The number of nitrogens with one attached hydrogen (secondary N) is 2. The van der Waals surface area contributed by atoms with Crippen LogP contribution in [0.3, 0.4) is 0 Å². The van der Waals surface area contributed by atoms with E-state index >= 15 is 0 Å². The SMILES string of the molecule is C=CNc1cnc(N2CCOCC2)nc1C(N)=Nc1cc(NC(=O)c2cc(N3CCN(CC)CC3)cc(C(C)(C)N)c2)ccc1C. The fraction of sp³-hybridized carbons (Fsp3) is 0.412. The molecule has 2 aliphatic rings. The summed E-state index contributed by atoms with van der Waals surface area (Å²) in [4.78, 5) is 34.5. The van der Waals surface area contributed by atoms with Gasteiger partial charge in [-0.05, 0) is 75.0 Å². The summed E-state index contributed by atoms with van der Waals surface area (Å²) < 4.78 is 5.47. The van der Waals surface area contributed by atoms with E-state index in [-0.39, 0.29) is 11.7 Å². The van der Waals surface area contributed by atoms with E-state index in [2.05, 4.69) is 49.9 Å². The number of anilines is 4. The molecule has 6 N–H and O–H groups in total. The number of ether oxygens (including phenoxy) is 1. The highest BCUT2D eigenvalue weighted by Crippen LogP contribution is 2.29. The van der Waals surface area contributed by atoms with Gasteiger partial charge in [0.25, 0.3) is 5.91 Å². The van der Waals surface area contributed by atoms with Crippen molar-refractivity contribution < 1.29 is 9.53 Å². The number of nitrogens with two attached hydrogens (primary N) is 2. The van der Waals surface area contributed by atoms with Gasteiger partial charge in [-0.3, -0.25) is 4.79 Å². The largest absolute Gasteiger partial charge is 0.382 e. The summed E-state index contributed by atoms with van der Waals surface area (Å²) in [6.07, 6.45) is 3.22. The predicted octanol–water partition coefficient (Wildman–Crippen LogP) is 3.80. The number of aryl methyl sites for hydroxylation is 1. The summed E-state index contributed by atoms with van der Waals surface area (Å²) >= 11 is 0. The first-order valence-corrected chi connectivity index (χ1v) is 15.8. The minimum atomic E-state index is -0.610. The number of piperazine rings is 1. The molecule has 0 atom stereocenters. The number of carbonyl (C=O) groups excluding carboxylic acids is 1. The highest BCUT2D eigenvalue weighted by Gasteiger charge is 2.23. The number of amides is 1. The molecule has 244 valence electrons. The Morgan fingerprint density at radius 1 is 1.09 bits per heavy atom. The van der Waals surface area contributed by atoms with E-state index in [1.807, 2.05) is 51.1 Å². The second kappa shape index (κ2) is 14.3. The standard InChI is InChI=1S/C34H46N10O2/c1-6-37-29-22-38-33(44-14-16-46-17-15-44)41-30(29)31(35)40-28-21-26(9-8-23(28)3)39-32(45)24-18-25(34(4,5)36)20-27(19-24)43-12-10-42(7-2)11-13-43/h6,8-9,18-22,37H,1,7,10-17,36H2,2-5H3,(H2,35,40)(H,39,45). The Bertz CT molecular complexity index is 1590. The first-order chi connectivity index (χ1) is 22.0. The number of aromatic nitrogens is 2. The van der Waals surface area contributed by atoms with Crippen molar-refractivity contribution in [2.45, 2.75) is 33.2 Å². The fourth-order valence-electron chi connectivity index (χ4n) is 5.51. The Labute approximate surface area is 271 Å². The van der Waals surface area contributed by atoms with Crippen LogP contribution < -0.4 is 31.9 Å². The Balaban J connectivity index is 1.41. The molecule has 3 aromatic rings. The quantitative estimate of drug-likeness (QED) is 0.193. The number of likely N-dealkylation sites (N-methyl/N-ethyl adjacent to an activating group) is 1. The molecule has 5 rings (SSSR count).